The number of amides is 1. The monoisotopic (exact) mass is 443 g/mol. The van der Waals surface area contributed by atoms with E-state index in [1.54, 1.807) is 29.2 Å². The minimum absolute atomic E-state index is 0.0501. The average molecular weight is 443 g/mol. The number of hydrogen-bond donors (Lipinski definition) is 0. The zero-order valence-electron chi connectivity index (χ0n) is 13.2. The predicted molar refractivity (Wildman–Crippen MR) is 101 cm³/mol. The van der Waals surface area contributed by atoms with Crippen molar-refractivity contribution >= 4 is 44.0 Å². The largest absolute Gasteiger partial charge is 0.306 e. The van der Waals surface area contributed by atoms with Crippen molar-refractivity contribution in [2.45, 2.75) is 24.8 Å². The number of nitrogens with zero attached hydrogens (tertiary/aromatic N) is 1. The van der Waals surface area contributed by atoms with Gasteiger partial charge in [0.15, 0.2) is 9.84 Å². The molecule has 2 rings (SSSR count). The molecular formula is C17H18INO3S. The summed E-state index contributed by atoms with van der Waals surface area (Å²) in [4.78, 5) is 14.7. The van der Waals surface area contributed by atoms with Crippen LogP contribution < -0.4 is 4.90 Å². The summed E-state index contributed by atoms with van der Waals surface area (Å²) in [6, 6.07) is 13.7. The van der Waals surface area contributed by atoms with Crippen LogP contribution in [0.25, 0.3) is 0 Å². The fourth-order valence-electron chi connectivity index (χ4n) is 2.24. The average Bonchev–Trinajstić information content (AvgIpc) is 2.47. The second-order valence-corrected chi connectivity index (χ2v) is 8.80. The Morgan fingerprint density at radius 1 is 1.00 bits per heavy atom. The van der Waals surface area contributed by atoms with Crippen molar-refractivity contribution in [3.8, 4) is 0 Å². The van der Waals surface area contributed by atoms with Crippen molar-refractivity contribution < 1.29 is 13.2 Å². The van der Waals surface area contributed by atoms with E-state index >= 15 is 0 Å². The Bertz CT molecular complexity index is 797. The molecule has 0 aliphatic rings. The Kier molecular flexibility index (Phi) is 5.46. The lowest BCUT2D eigenvalue weighted by Gasteiger charge is -2.27. The van der Waals surface area contributed by atoms with Gasteiger partial charge in [0, 0.05) is 27.1 Å². The van der Waals surface area contributed by atoms with Gasteiger partial charge in [-0.1, -0.05) is 0 Å². The molecule has 6 heteroatoms. The van der Waals surface area contributed by atoms with Gasteiger partial charge in [-0.15, -0.1) is 0 Å². The Labute approximate surface area is 150 Å². The lowest BCUT2D eigenvalue weighted by molar-refractivity contribution is 0.0980. The molecule has 0 atom stereocenters. The number of halogens is 1. The number of carbonyl (C=O) groups excluding carboxylic acids is 1. The first-order valence-corrected chi connectivity index (χ1v) is 10.1. The Balaban J connectivity index is 2.38. The molecule has 0 saturated carbocycles. The number of carbonyl (C=O) groups is 1. The highest BCUT2D eigenvalue weighted by atomic mass is 127. The van der Waals surface area contributed by atoms with E-state index in [-0.39, 0.29) is 16.8 Å². The number of rotatable bonds is 4. The minimum atomic E-state index is -3.25. The van der Waals surface area contributed by atoms with Crippen molar-refractivity contribution in [2.75, 3.05) is 11.2 Å². The van der Waals surface area contributed by atoms with Crippen LogP contribution >= 0.6 is 22.6 Å². The highest BCUT2D eigenvalue weighted by Gasteiger charge is 2.21. The third kappa shape index (κ3) is 4.32. The number of hydrogen-bond acceptors (Lipinski definition) is 3. The summed E-state index contributed by atoms with van der Waals surface area (Å²) in [6.07, 6.45) is 1.17. The molecule has 0 aliphatic heterocycles. The molecule has 122 valence electrons. The number of benzene rings is 2. The highest BCUT2D eigenvalue weighted by molar-refractivity contribution is 14.1. The van der Waals surface area contributed by atoms with Gasteiger partial charge in [-0.2, -0.15) is 0 Å². The Morgan fingerprint density at radius 2 is 1.52 bits per heavy atom. The van der Waals surface area contributed by atoms with Gasteiger partial charge in [0.05, 0.1) is 4.90 Å². The van der Waals surface area contributed by atoms with Crippen molar-refractivity contribution in [2.24, 2.45) is 0 Å². The molecule has 0 fully saturated rings. The minimum Gasteiger partial charge on any atom is -0.306 e. The maximum Gasteiger partial charge on any atom is 0.258 e. The normalized spacial score (nSPS) is 11.5. The topological polar surface area (TPSA) is 54.5 Å². The third-order valence-electron chi connectivity index (χ3n) is 3.37. The van der Waals surface area contributed by atoms with Gasteiger partial charge in [0.2, 0.25) is 0 Å². The molecule has 2 aromatic carbocycles. The summed E-state index contributed by atoms with van der Waals surface area (Å²) >= 11 is 2.19. The van der Waals surface area contributed by atoms with Crippen LogP contribution in [0, 0.1) is 3.57 Å². The van der Waals surface area contributed by atoms with Crippen LogP contribution in [-0.2, 0) is 9.84 Å². The maximum absolute atomic E-state index is 12.8. The lowest BCUT2D eigenvalue weighted by Crippen LogP contribution is -2.37. The third-order valence-corrected chi connectivity index (χ3v) is 5.22. The van der Waals surface area contributed by atoms with E-state index in [0.29, 0.717) is 11.3 Å². The second kappa shape index (κ2) is 7.00. The summed E-state index contributed by atoms with van der Waals surface area (Å²) in [7, 11) is -3.25. The van der Waals surface area contributed by atoms with Gasteiger partial charge in [0.25, 0.3) is 5.91 Å². The molecule has 23 heavy (non-hydrogen) atoms. The van der Waals surface area contributed by atoms with Crippen LogP contribution in [0.1, 0.15) is 24.2 Å². The lowest BCUT2D eigenvalue weighted by atomic mass is 10.1. The summed E-state index contributed by atoms with van der Waals surface area (Å²) in [5.74, 6) is -0.108. The Hall–Kier alpha value is -1.41. The summed E-state index contributed by atoms with van der Waals surface area (Å²) in [6.45, 7) is 3.85. The summed E-state index contributed by atoms with van der Waals surface area (Å²) < 4.78 is 24.2. The first-order valence-electron chi connectivity index (χ1n) is 7.09. The van der Waals surface area contributed by atoms with Crippen molar-refractivity contribution in [1.82, 2.24) is 0 Å². The first kappa shape index (κ1) is 17.9. The van der Waals surface area contributed by atoms with E-state index in [0.717, 1.165) is 3.57 Å². The molecule has 0 aliphatic carbocycles. The molecule has 0 aromatic heterocycles. The smallest absolute Gasteiger partial charge is 0.258 e. The van der Waals surface area contributed by atoms with Crippen molar-refractivity contribution in [1.29, 1.82) is 0 Å². The quantitative estimate of drug-likeness (QED) is 0.677. The Morgan fingerprint density at radius 3 is 1.96 bits per heavy atom. The van der Waals surface area contributed by atoms with Crippen LogP contribution in [0.5, 0.6) is 0 Å². The maximum atomic E-state index is 12.8. The molecule has 2 aromatic rings. The summed E-state index contributed by atoms with van der Waals surface area (Å²) in [5, 5.41) is 0. The number of anilines is 1. The fraction of sp³-hybridized carbons (Fsp3) is 0.235. The molecule has 0 spiro atoms. The van der Waals surface area contributed by atoms with Crippen LogP contribution in [0.15, 0.2) is 53.4 Å². The molecule has 4 nitrogen and oxygen atoms in total. The molecule has 0 heterocycles. The van der Waals surface area contributed by atoms with Gasteiger partial charge in [-0.3, -0.25) is 4.79 Å². The standard InChI is InChI=1S/C17H18INO3S/c1-12(2)19(17(20)13-4-6-14(18)7-5-13)15-8-10-16(11-9-15)23(3,21)22/h4-12H,1-3H3. The molecular weight excluding hydrogens is 425 g/mol. The molecule has 0 bridgehead atoms. The molecule has 0 N–H and O–H groups in total. The van der Waals surface area contributed by atoms with E-state index in [9.17, 15) is 13.2 Å². The van der Waals surface area contributed by atoms with Crippen molar-refractivity contribution in [3.63, 3.8) is 0 Å². The fourth-order valence-corrected chi connectivity index (χ4v) is 3.23. The predicted octanol–water partition coefficient (Wildman–Crippen LogP) is 3.75. The van der Waals surface area contributed by atoms with Gasteiger partial charge < -0.3 is 4.90 Å². The molecule has 1 amide bonds. The zero-order chi connectivity index (χ0) is 17.2. The zero-order valence-corrected chi connectivity index (χ0v) is 16.1. The SMILES string of the molecule is CC(C)N(C(=O)c1ccc(I)cc1)c1ccc(S(C)(=O)=O)cc1. The van der Waals surface area contributed by atoms with Gasteiger partial charge >= 0.3 is 0 Å². The van der Waals surface area contributed by atoms with Crippen LogP contribution in [0.4, 0.5) is 5.69 Å². The number of sulfone groups is 1. The van der Waals surface area contributed by atoms with Crippen LogP contribution in [-0.4, -0.2) is 26.6 Å². The van der Waals surface area contributed by atoms with E-state index in [1.165, 1.54) is 18.4 Å². The first-order chi connectivity index (χ1) is 10.7. The highest BCUT2D eigenvalue weighted by Crippen LogP contribution is 2.22. The van der Waals surface area contributed by atoms with E-state index in [4.69, 9.17) is 0 Å². The van der Waals surface area contributed by atoms with Crippen molar-refractivity contribution in [3.05, 3.63) is 57.7 Å². The molecule has 0 saturated heterocycles. The van der Waals surface area contributed by atoms with Gasteiger partial charge in [0.1, 0.15) is 0 Å². The van der Waals surface area contributed by atoms with Gasteiger partial charge in [-0.05, 0) is 85.0 Å². The van der Waals surface area contributed by atoms with E-state index < -0.39 is 9.84 Å². The van der Waals surface area contributed by atoms with E-state index in [2.05, 4.69) is 22.6 Å². The molecule has 0 unspecified atom stereocenters. The molecule has 0 radical (unpaired) electrons. The second-order valence-electron chi connectivity index (χ2n) is 5.54. The summed E-state index contributed by atoms with van der Waals surface area (Å²) in [5.41, 5.74) is 1.28. The van der Waals surface area contributed by atoms with E-state index in [1.807, 2.05) is 26.0 Å². The van der Waals surface area contributed by atoms with Crippen LogP contribution in [0.3, 0.4) is 0 Å². The van der Waals surface area contributed by atoms with Crippen LogP contribution in [0.2, 0.25) is 0 Å². The van der Waals surface area contributed by atoms with Gasteiger partial charge in [-0.25, -0.2) is 8.42 Å².